The number of hydrogen-bond donors (Lipinski definition) is 2. The topological polar surface area (TPSA) is 50.9 Å². The van der Waals surface area contributed by atoms with Crippen molar-refractivity contribution in [2.24, 2.45) is 5.84 Å². The lowest BCUT2D eigenvalue weighted by Gasteiger charge is -2.18. The summed E-state index contributed by atoms with van der Waals surface area (Å²) in [5.41, 5.74) is 2.04. The fourth-order valence-electron chi connectivity index (χ4n) is 2.00. The molecule has 0 aliphatic carbocycles. The van der Waals surface area contributed by atoms with E-state index in [2.05, 4.69) is 10.4 Å². The minimum absolute atomic E-state index is 0.129. The van der Waals surface area contributed by atoms with Crippen molar-refractivity contribution in [3.05, 3.63) is 65.2 Å². The lowest BCUT2D eigenvalue weighted by molar-refractivity contribution is -0.137. The van der Waals surface area contributed by atoms with Gasteiger partial charge in [0.15, 0.2) is 0 Å². The van der Waals surface area contributed by atoms with Gasteiger partial charge in [0.25, 0.3) is 0 Å². The van der Waals surface area contributed by atoms with Gasteiger partial charge in [-0.15, -0.1) is 0 Å². The molecule has 21 heavy (non-hydrogen) atoms. The van der Waals surface area contributed by atoms with Crippen LogP contribution in [0, 0.1) is 5.82 Å². The summed E-state index contributed by atoms with van der Waals surface area (Å²) < 4.78 is 51.9. The summed E-state index contributed by atoms with van der Waals surface area (Å²) in [4.78, 5) is 3.90. The molecule has 0 bridgehead atoms. The van der Waals surface area contributed by atoms with Crippen molar-refractivity contribution in [2.75, 3.05) is 0 Å². The molecule has 2 rings (SSSR count). The number of benzene rings is 1. The van der Waals surface area contributed by atoms with Crippen molar-refractivity contribution in [3.8, 4) is 0 Å². The molecule has 1 atom stereocenters. The smallest absolute Gasteiger partial charge is 0.271 e. The molecule has 112 valence electrons. The molecule has 3 nitrogen and oxygen atoms in total. The van der Waals surface area contributed by atoms with E-state index in [1.807, 2.05) is 0 Å². The first kappa shape index (κ1) is 15.4. The molecular formula is C14H13F4N3. The van der Waals surface area contributed by atoms with E-state index in [9.17, 15) is 17.6 Å². The molecule has 1 unspecified atom stereocenters. The van der Waals surface area contributed by atoms with Crippen LogP contribution in [0.2, 0.25) is 0 Å². The van der Waals surface area contributed by atoms with Crippen LogP contribution in [0.15, 0.2) is 42.7 Å². The van der Waals surface area contributed by atoms with E-state index >= 15 is 0 Å². The van der Waals surface area contributed by atoms with Gasteiger partial charge in [-0.05, 0) is 36.2 Å². The largest absolute Gasteiger partial charge is 0.416 e. The van der Waals surface area contributed by atoms with Crippen molar-refractivity contribution in [1.29, 1.82) is 0 Å². The molecule has 1 aromatic heterocycles. The molecule has 1 aromatic carbocycles. The number of rotatable bonds is 4. The van der Waals surface area contributed by atoms with Crippen LogP contribution in [-0.2, 0) is 12.6 Å². The van der Waals surface area contributed by atoms with Gasteiger partial charge in [0, 0.05) is 18.0 Å². The van der Waals surface area contributed by atoms with Crippen molar-refractivity contribution in [1.82, 2.24) is 10.4 Å². The van der Waals surface area contributed by atoms with Crippen LogP contribution in [0.1, 0.15) is 22.7 Å². The summed E-state index contributed by atoms with van der Waals surface area (Å²) in [7, 11) is 0. The third-order valence-corrected chi connectivity index (χ3v) is 3.06. The predicted molar refractivity (Wildman–Crippen MR) is 69.4 cm³/mol. The Morgan fingerprint density at radius 1 is 1.24 bits per heavy atom. The zero-order chi connectivity index (χ0) is 15.5. The number of alkyl halides is 3. The van der Waals surface area contributed by atoms with Gasteiger partial charge in [-0.3, -0.25) is 16.3 Å². The average Bonchev–Trinajstić information content (AvgIpc) is 2.45. The number of nitrogens with one attached hydrogen (secondary N) is 1. The fraction of sp³-hybridized carbons (Fsp3) is 0.214. The fourth-order valence-corrected chi connectivity index (χ4v) is 2.00. The maximum absolute atomic E-state index is 13.8. The van der Waals surface area contributed by atoms with Gasteiger partial charge in [0.05, 0.1) is 11.6 Å². The minimum atomic E-state index is -4.53. The zero-order valence-electron chi connectivity index (χ0n) is 10.9. The van der Waals surface area contributed by atoms with Crippen LogP contribution in [0.3, 0.4) is 0 Å². The van der Waals surface area contributed by atoms with Gasteiger partial charge >= 0.3 is 6.18 Å². The van der Waals surface area contributed by atoms with Gasteiger partial charge in [-0.2, -0.15) is 13.2 Å². The molecule has 0 spiro atoms. The van der Waals surface area contributed by atoms with E-state index in [1.165, 1.54) is 0 Å². The summed E-state index contributed by atoms with van der Waals surface area (Å²) in [6.07, 6.45) is -1.19. The second-order valence-electron chi connectivity index (χ2n) is 4.52. The number of nitrogens with two attached hydrogens (primary N) is 1. The van der Waals surface area contributed by atoms with E-state index < -0.39 is 23.6 Å². The quantitative estimate of drug-likeness (QED) is 0.518. The predicted octanol–water partition coefficient (Wildman–Crippen LogP) is 2.99. The molecule has 0 amide bonds. The van der Waals surface area contributed by atoms with Crippen LogP contribution in [0.4, 0.5) is 17.6 Å². The molecule has 0 saturated heterocycles. The van der Waals surface area contributed by atoms with E-state index in [-0.39, 0.29) is 12.0 Å². The molecule has 3 N–H and O–H groups in total. The standard InChI is InChI=1S/C14H13F4N3/c15-12-4-3-10(14(16,17)18)7-11(12)13(21-19)6-9-2-1-5-20-8-9/h1-5,7-8,13,21H,6,19H2. The number of halogens is 4. The monoisotopic (exact) mass is 299 g/mol. The van der Waals surface area contributed by atoms with Crippen LogP contribution in [0.5, 0.6) is 0 Å². The lowest BCUT2D eigenvalue weighted by Crippen LogP contribution is -2.30. The van der Waals surface area contributed by atoms with E-state index in [1.54, 1.807) is 24.5 Å². The molecule has 0 fully saturated rings. The maximum Gasteiger partial charge on any atom is 0.416 e. The van der Waals surface area contributed by atoms with Crippen LogP contribution in [-0.4, -0.2) is 4.98 Å². The van der Waals surface area contributed by atoms with Gasteiger partial charge < -0.3 is 0 Å². The van der Waals surface area contributed by atoms with Gasteiger partial charge in [-0.1, -0.05) is 6.07 Å². The highest BCUT2D eigenvalue weighted by Crippen LogP contribution is 2.32. The summed E-state index contributed by atoms with van der Waals surface area (Å²) in [5.74, 6) is 4.62. The normalized spacial score (nSPS) is 13.2. The highest BCUT2D eigenvalue weighted by molar-refractivity contribution is 5.30. The van der Waals surface area contributed by atoms with Crippen molar-refractivity contribution in [2.45, 2.75) is 18.6 Å². The van der Waals surface area contributed by atoms with Crippen LogP contribution < -0.4 is 11.3 Å². The molecule has 2 aromatic rings. The zero-order valence-corrected chi connectivity index (χ0v) is 10.9. The molecule has 0 saturated carbocycles. The minimum Gasteiger partial charge on any atom is -0.271 e. The van der Waals surface area contributed by atoms with Crippen LogP contribution in [0.25, 0.3) is 0 Å². The molecule has 0 aliphatic heterocycles. The Hall–Kier alpha value is -1.99. The molecule has 1 heterocycles. The third-order valence-electron chi connectivity index (χ3n) is 3.06. The highest BCUT2D eigenvalue weighted by atomic mass is 19.4. The van der Waals surface area contributed by atoms with Gasteiger partial charge in [-0.25, -0.2) is 4.39 Å². The first-order valence-electron chi connectivity index (χ1n) is 6.13. The second kappa shape index (κ2) is 6.19. The third kappa shape index (κ3) is 3.77. The van der Waals surface area contributed by atoms with E-state index in [0.29, 0.717) is 6.07 Å². The van der Waals surface area contributed by atoms with Crippen LogP contribution >= 0.6 is 0 Å². The van der Waals surface area contributed by atoms with Gasteiger partial charge in [0.1, 0.15) is 5.82 Å². The Morgan fingerprint density at radius 2 is 2.00 bits per heavy atom. The second-order valence-corrected chi connectivity index (χ2v) is 4.52. The number of aromatic nitrogens is 1. The molecule has 0 radical (unpaired) electrons. The molecule has 7 heteroatoms. The first-order valence-corrected chi connectivity index (χ1v) is 6.13. The Kier molecular flexibility index (Phi) is 4.54. The van der Waals surface area contributed by atoms with E-state index in [4.69, 9.17) is 5.84 Å². The van der Waals surface area contributed by atoms with Crippen molar-refractivity contribution in [3.63, 3.8) is 0 Å². The van der Waals surface area contributed by atoms with Crippen molar-refractivity contribution < 1.29 is 17.6 Å². The Bertz CT molecular complexity index is 599. The SMILES string of the molecule is NNC(Cc1cccnc1)c1cc(C(F)(F)F)ccc1F. The Balaban J connectivity index is 2.33. The highest BCUT2D eigenvalue weighted by Gasteiger charge is 2.32. The average molecular weight is 299 g/mol. The molecular weight excluding hydrogens is 286 g/mol. The number of nitrogens with zero attached hydrogens (tertiary/aromatic N) is 1. The van der Waals surface area contributed by atoms with E-state index in [0.717, 1.165) is 17.7 Å². The number of hydrogen-bond acceptors (Lipinski definition) is 3. The van der Waals surface area contributed by atoms with Gasteiger partial charge in [0.2, 0.25) is 0 Å². The summed E-state index contributed by atoms with van der Waals surface area (Å²) >= 11 is 0. The maximum atomic E-state index is 13.8. The summed E-state index contributed by atoms with van der Waals surface area (Å²) in [5, 5.41) is 0. The Labute approximate surface area is 118 Å². The first-order chi connectivity index (χ1) is 9.91. The summed E-state index contributed by atoms with van der Waals surface area (Å²) in [6, 6.07) is 4.92. The number of pyridine rings is 1. The molecule has 0 aliphatic rings. The van der Waals surface area contributed by atoms with Crippen molar-refractivity contribution >= 4 is 0 Å². The Morgan fingerprint density at radius 3 is 2.57 bits per heavy atom. The lowest BCUT2D eigenvalue weighted by atomic mass is 9.98. The summed E-state index contributed by atoms with van der Waals surface area (Å²) in [6.45, 7) is 0. The number of hydrazine groups is 1.